The topological polar surface area (TPSA) is 41.5 Å². The van der Waals surface area contributed by atoms with E-state index in [1.165, 1.54) is 11.1 Å². The van der Waals surface area contributed by atoms with Gasteiger partial charge in [0.05, 0.1) is 12.7 Å². The maximum atomic E-state index is 9.48. The molecular weight excluding hydrogens is 226 g/mol. The molecule has 0 radical (unpaired) electrons. The van der Waals surface area contributed by atoms with Gasteiger partial charge in [0.1, 0.15) is 5.75 Å². The van der Waals surface area contributed by atoms with E-state index in [0.717, 1.165) is 51.0 Å². The molecule has 0 atom stereocenters. The lowest BCUT2D eigenvalue weighted by molar-refractivity contribution is 0.116. The average Bonchev–Trinajstić information content (AvgIpc) is 2.85. The lowest BCUT2D eigenvalue weighted by atomic mass is 9.93. The predicted octanol–water partition coefficient (Wildman–Crippen LogP) is 2.01. The van der Waals surface area contributed by atoms with Crippen LogP contribution in [-0.4, -0.2) is 23.9 Å². The van der Waals surface area contributed by atoms with Crippen LogP contribution in [0.25, 0.3) is 0 Å². The third-order valence-corrected chi connectivity index (χ3v) is 4.05. The standard InChI is InChI=1S/C15H21NO2/c17-14-4-2-13(3-5-14)16-10-11-1-6-15-12(9-11)7-8-18-15/h1,6,9,13-14,16-17H,2-5,7-8,10H2. The molecule has 3 heteroatoms. The highest BCUT2D eigenvalue weighted by Crippen LogP contribution is 2.26. The highest BCUT2D eigenvalue weighted by atomic mass is 16.5. The summed E-state index contributed by atoms with van der Waals surface area (Å²) in [6.07, 6.45) is 5.04. The first-order valence-corrected chi connectivity index (χ1v) is 6.97. The third kappa shape index (κ3) is 2.68. The van der Waals surface area contributed by atoms with Crippen LogP contribution in [0.5, 0.6) is 5.75 Å². The molecule has 18 heavy (non-hydrogen) atoms. The van der Waals surface area contributed by atoms with Crippen molar-refractivity contribution in [1.29, 1.82) is 0 Å². The Bertz CT molecular complexity index is 411. The third-order valence-electron chi connectivity index (χ3n) is 4.05. The highest BCUT2D eigenvalue weighted by Gasteiger charge is 2.19. The second-order valence-electron chi connectivity index (χ2n) is 5.43. The van der Waals surface area contributed by atoms with Gasteiger partial charge in [-0.15, -0.1) is 0 Å². The smallest absolute Gasteiger partial charge is 0.122 e. The molecular formula is C15H21NO2. The minimum atomic E-state index is -0.0693. The Balaban J connectivity index is 1.54. The van der Waals surface area contributed by atoms with E-state index in [4.69, 9.17) is 4.74 Å². The Morgan fingerprint density at radius 2 is 2.06 bits per heavy atom. The van der Waals surface area contributed by atoms with Crippen LogP contribution < -0.4 is 10.1 Å². The molecule has 1 aromatic carbocycles. The van der Waals surface area contributed by atoms with Gasteiger partial charge in [-0.1, -0.05) is 12.1 Å². The van der Waals surface area contributed by atoms with Crippen LogP contribution in [0.15, 0.2) is 18.2 Å². The van der Waals surface area contributed by atoms with Crippen molar-refractivity contribution in [1.82, 2.24) is 5.32 Å². The van der Waals surface area contributed by atoms with Crippen LogP contribution in [0, 0.1) is 0 Å². The van der Waals surface area contributed by atoms with Gasteiger partial charge in [-0.05, 0) is 42.9 Å². The van der Waals surface area contributed by atoms with Crippen LogP contribution in [0.1, 0.15) is 36.8 Å². The number of rotatable bonds is 3. The van der Waals surface area contributed by atoms with Crippen molar-refractivity contribution in [3.63, 3.8) is 0 Å². The molecule has 0 unspecified atom stereocenters. The van der Waals surface area contributed by atoms with Crippen LogP contribution in [0.3, 0.4) is 0 Å². The molecule has 3 rings (SSSR count). The van der Waals surface area contributed by atoms with Crippen LogP contribution >= 0.6 is 0 Å². The summed E-state index contributed by atoms with van der Waals surface area (Å²) in [5, 5.41) is 13.1. The first-order chi connectivity index (χ1) is 8.81. The molecule has 1 fully saturated rings. The van der Waals surface area contributed by atoms with Crippen molar-refractivity contribution < 1.29 is 9.84 Å². The molecule has 1 saturated carbocycles. The second-order valence-corrected chi connectivity index (χ2v) is 5.43. The van der Waals surface area contributed by atoms with E-state index >= 15 is 0 Å². The molecule has 0 saturated heterocycles. The maximum Gasteiger partial charge on any atom is 0.122 e. The van der Waals surface area contributed by atoms with Gasteiger partial charge in [0.2, 0.25) is 0 Å². The van der Waals surface area contributed by atoms with Crippen molar-refractivity contribution >= 4 is 0 Å². The minimum absolute atomic E-state index is 0.0693. The Kier molecular flexibility index (Phi) is 3.52. The summed E-state index contributed by atoms with van der Waals surface area (Å²) >= 11 is 0. The Morgan fingerprint density at radius 1 is 1.22 bits per heavy atom. The fourth-order valence-corrected chi connectivity index (χ4v) is 2.89. The summed E-state index contributed by atoms with van der Waals surface area (Å²) in [6, 6.07) is 7.06. The van der Waals surface area contributed by atoms with E-state index in [1.807, 2.05) is 0 Å². The number of ether oxygens (including phenoxy) is 1. The molecule has 1 heterocycles. The SMILES string of the molecule is OC1CCC(NCc2ccc3c(c2)CCO3)CC1. The zero-order valence-corrected chi connectivity index (χ0v) is 10.7. The Morgan fingerprint density at radius 3 is 2.89 bits per heavy atom. The fourth-order valence-electron chi connectivity index (χ4n) is 2.89. The van der Waals surface area contributed by atoms with E-state index in [-0.39, 0.29) is 6.10 Å². The van der Waals surface area contributed by atoms with Gasteiger partial charge < -0.3 is 15.2 Å². The largest absolute Gasteiger partial charge is 0.493 e. The van der Waals surface area contributed by atoms with Crippen molar-refractivity contribution in [3.8, 4) is 5.75 Å². The summed E-state index contributed by atoms with van der Waals surface area (Å²) in [5.41, 5.74) is 2.68. The van der Waals surface area contributed by atoms with E-state index in [1.54, 1.807) is 0 Å². The molecule has 2 N–H and O–H groups in total. The summed E-state index contributed by atoms with van der Waals surface area (Å²) < 4.78 is 5.51. The lowest BCUT2D eigenvalue weighted by Gasteiger charge is -2.26. The number of hydrogen-bond acceptors (Lipinski definition) is 3. The van der Waals surface area contributed by atoms with Gasteiger partial charge in [0.25, 0.3) is 0 Å². The molecule has 0 bridgehead atoms. The first-order valence-electron chi connectivity index (χ1n) is 6.97. The lowest BCUT2D eigenvalue weighted by Crippen LogP contribution is -2.34. The number of benzene rings is 1. The van der Waals surface area contributed by atoms with Crippen LogP contribution in [-0.2, 0) is 13.0 Å². The number of aliphatic hydroxyl groups is 1. The van der Waals surface area contributed by atoms with Gasteiger partial charge in [-0.25, -0.2) is 0 Å². The van der Waals surface area contributed by atoms with Crippen molar-refractivity contribution in [3.05, 3.63) is 29.3 Å². The van der Waals surface area contributed by atoms with Crippen molar-refractivity contribution in [2.45, 2.75) is 50.8 Å². The summed E-state index contributed by atoms with van der Waals surface area (Å²) in [6.45, 7) is 1.75. The minimum Gasteiger partial charge on any atom is -0.493 e. The highest BCUT2D eigenvalue weighted by molar-refractivity contribution is 5.39. The van der Waals surface area contributed by atoms with E-state index in [2.05, 4.69) is 23.5 Å². The Hall–Kier alpha value is -1.06. The van der Waals surface area contributed by atoms with Gasteiger partial charge in [0, 0.05) is 19.0 Å². The number of hydrogen-bond donors (Lipinski definition) is 2. The second kappa shape index (κ2) is 5.29. The predicted molar refractivity (Wildman–Crippen MR) is 70.7 cm³/mol. The zero-order chi connectivity index (χ0) is 12.4. The summed E-state index contributed by atoms with van der Waals surface area (Å²) in [7, 11) is 0. The van der Waals surface area contributed by atoms with Gasteiger partial charge in [-0.3, -0.25) is 0 Å². The van der Waals surface area contributed by atoms with Crippen molar-refractivity contribution in [2.75, 3.05) is 6.61 Å². The fraction of sp³-hybridized carbons (Fsp3) is 0.600. The Labute approximate surface area is 108 Å². The molecule has 1 aliphatic heterocycles. The van der Waals surface area contributed by atoms with Crippen molar-refractivity contribution in [2.24, 2.45) is 0 Å². The summed E-state index contributed by atoms with van der Waals surface area (Å²) in [4.78, 5) is 0. The van der Waals surface area contributed by atoms with E-state index < -0.39 is 0 Å². The van der Waals surface area contributed by atoms with Gasteiger partial charge in [-0.2, -0.15) is 0 Å². The normalized spacial score (nSPS) is 26.7. The molecule has 98 valence electrons. The van der Waals surface area contributed by atoms with Gasteiger partial charge in [0.15, 0.2) is 0 Å². The monoisotopic (exact) mass is 247 g/mol. The number of nitrogens with one attached hydrogen (secondary N) is 1. The maximum absolute atomic E-state index is 9.48. The molecule has 3 nitrogen and oxygen atoms in total. The molecule has 1 aliphatic carbocycles. The molecule has 0 spiro atoms. The summed E-state index contributed by atoms with van der Waals surface area (Å²) in [5.74, 6) is 1.06. The molecule has 0 aromatic heterocycles. The van der Waals surface area contributed by atoms with Crippen LogP contribution in [0.2, 0.25) is 0 Å². The molecule has 1 aromatic rings. The molecule has 0 amide bonds. The van der Waals surface area contributed by atoms with E-state index in [0.29, 0.717) is 6.04 Å². The number of aliphatic hydroxyl groups excluding tert-OH is 1. The quantitative estimate of drug-likeness (QED) is 0.858. The first kappa shape index (κ1) is 12.0. The molecule has 2 aliphatic rings. The number of fused-ring (bicyclic) bond motifs is 1. The van der Waals surface area contributed by atoms with Crippen LogP contribution in [0.4, 0.5) is 0 Å². The van der Waals surface area contributed by atoms with E-state index in [9.17, 15) is 5.11 Å². The average molecular weight is 247 g/mol. The zero-order valence-electron chi connectivity index (χ0n) is 10.7. The van der Waals surface area contributed by atoms with Gasteiger partial charge >= 0.3 is 0 Å².